The molecule has 5 rings (SSSR count). The molecule has 0 aliphatic heterocycles. The highest BCUT2D eigenvalue weighted by atomic mass is 16.3. The smallest absolute Gasteiger partial charge is 0.251 e. The second kappa shape index (κ2) is 7.92. The number of carbonyl (C=O) groups excluding carboxylic acids is 2. The minimum Gasteiger partial charge on any atom is -0.436 e. The lowest BCUT2D eigenvalue weighted by Gasteiger charge is -2.10. The number of nitrogens with one attached hydrogen (secondary N) is 3. The van der Waals surface area contributed by atoms with Crippen molar-refractivity contribution in [2.45, 2.75) is 19.8 Å². The number of benzene rings is 1. The summed E-state index contributed by atoms with van der Waals surface area (Å²) in [4.78, 5) is 37.8. The fourth-order valence-electron chi connectivity index (χ4n) is 3.59. The van der Waals surface area contributed by atoms with E-state index < -0.39 is 0 Å². The summed E-state index contributed by atoms with van der Waals surface area (Å²) in [7, 11) is 1.78. The third kappa shape index (κ3) is 3.62. The molecule has 1 aromatic carbocycles. The Labute approximate surface area is 183 Å². The normalized spacial score (nSPS) is 13.3. The van der Waals surface area contributed by atoms with E-state index >= 15 is 0 Å². The number of aromatic nitrogens is 3. The SMILES string of the molecule is CCNC(=O)c1ccc2oc(-c3cnc(NC)c4cnc(NC(=O)C5CC5)cc34)nc2c1. The summed E-state index contributed by atoms with van der Waals surface area (Å²) in [6.45, 7) is 2.41. The van der Waals surface area contributed by atoms with Gasteiger partial charge in [-0.25, -0.2) is 15.0 Å². The summed E-state index contributed by atoms with van der Waals surface area (Å²) in [6, 6.07) is 6.95. The van der Waals surface area contributed by atoms with E-state index in [9.17, 15) is 9.59 Å². The molecule has 3 N–H and O–H groups in total. The number of hydrogen-bond acceptors (Lipinski definition) is 7. The number of carbonyl (C=O) groups is 2. The van der Waals surface area contributed by atoms with E-state index in [1.165, 1.54) is 0 Å². The standard InChI is InChI=1S/C23H22N6O3/c1-3-25-21(30)13-6-7-18-17(8-13)28-23(32-18)16-11-27-20(24-2)15-10-26-19(9-14(15)16)29-22(31)12-4-5-12/h6-12H,3-5H2,1-2H3,(H,24,27)(H,25,30)(H,26,29,31). The Hall–Kier alpha value is -4.01. The van der Waals surface area contributed by atoms with E-state index in [1.807, 2.05) is 13.0 Å². The molecule has 0 spiro atoms. The van der Waals surface area contributed by atoms with Crippen LogP contribution in [0.2, 0.25) is 0 Å². The van der Waals surface area contributed by atoms with Crippen molar-refractivity contribution in [2.24, 2.45) is 5.92 Å². The highest BCUT2D eigenvalue weighted by molar-refractivity contribution is 6.03. The van der Waals surface area contributed by atoms with Crippen molar-refractivity contribution in [2.75, 3.05) is 24.2 Å². The molecule has 9 nitrogen and oxygen atoms in total. The fraction of sp³-hybridized carbons (Fsp3) is 0.261. The molecule has 0 bridgehead atoms. The van der Waals surface area contributed by atoms with Gasteiger partial charge < -0.3 is 20.4 Å². The second-order valence-electron chi connectivity index (χ2n) is 7.71. The minimum atomic E-state index is -0.161. The maximum Gasteiger partial charge on any atom is 0.251 e. The number of fused-ring (bicyclic) bond motifs is 2. The third-order valence-electron chi connectivity index (χ3n) is 5.43. The van der Waals surface area contributed by atoms with Crippen LogP contribution in [0.15, 0.2) is 41.1 Å². The molecule has 0 radical (unpaired) electrons. The molecule has 0 saturated heterocycles. The summed E-state index contributed by atoms with van der Waals surface area (Å²) in [5, 5.41) is 10.3. The highest BCUT2D eigenvalue weighted by Crippen LogP contribution is 2.35. The summed E-state index contributed by atoms with van der Waals surface area (Å²) >= 11 is 0. The molecule has 0 unspecified atom stereocenters. The van der Waals surface area contributed by atoms with Crippen molar-refractivity contribution < 1.29 is 14.0 Å². The molecule has 1 aliphatic rings. The average Bonchev–Trinajstić information content (AvgIpc) is 3.57. The zero-order valence-corrected chi connectivity index (χ0v) is 17.7. The first-order valence-electron chi connectivity index (χ1n) is 10.5. The Bertz CT molecular complexity index is 1360. The first kappa shape index (κ1) is 19.9. The van der Waals surface area contributed by atoms with Gasteiger partial charge in [0, 0.05) is 48.2 Å². The van der Waals surface area contributed by atoms with Gasteiger partial charge in [-0.05, 0) is 44.0 Å². The van der Waals surface area contributed by atoms with Crippen LogP contribution in [-0.4, -0.2) is 40.4 Å². The number of rotatable bonds is 6. The highest BCUT2D eigenvalue weighted by Gasteiger charge is 2.30. The van der Waals surface area contributed by atoms with Crippen molar-refractivity contribution in [3.63, 3.8) is 0 Å². The predicted octanol–water partition coefficient (Wildman–Crippen LogP) is 3.58. The van der Waals surface area contributed by atoms with E-state index in [4.69, 9.17) is 4.42 Å². The van der Waals surface area contributed by atoms with Crippen molar-refractivity contribution in [3.8, 4) is 11.5 Å². The Balaban J connectivity index is 1.59. The van der Waals surface area contributed by atoms with E-state index in [1.54, 1.807) is 37.6 Å². The molecule has 3 heterocycles. The fourth-order valence-corrected chi connectivity index (χ4v) is 3.59. The average molecular weight is 430 g/mol. The van der Waals surface area contributed by atoms with Crippen molar-refractivity contribution >= 4 is 45.3 Å². The number of oxazole rings is 1. The van der Waals surface area contributed by atoms with Crippen molar-refractivity contribution in [1.29, 1.82) is 0 Å². The van der Waals surface area contributed by atoms with Gasteiger partial charge in [-0.1, -0.05) is 0 Å². The number of pyridine rings is 2. The second-order valence-corrected chi connectivity index (χ2v) is 7.71. The number of nitrogens with zero attached hydrogens (tertiary/aromatic N) is 3. The molecule has 3 aromatic heterocycles. The number of amides is 2. The number of anilines is 2. The van der Waals surface area contributed by atoms with Crippen LogP contribution in [0.3, 0.4) is 0 Å². The van der Waals surface area contributed by atoms with Crippen LogP contribution in [0.1, 0.15) is 30.1 Å². The lowest BCUT2D eigenvalue weighted by Crippen LogP contribution is -2.22. The van der Waals surface area contributed by atoms with E-state index in [2.05, 4.69) is 30.9 Å². The molecule has 0 atom stereocenters. The monoisotopic (exact) mass is 430 g/mol. The van der Waals surface area contributed by atoms with Gasteiger partial charge in [0.2, 0.25) is 11.8 Å². The zero-order chi connectivity index (χ0) is 22.2. The molecular formula is C23H22N6O3. The van der Waals surface area contributed by atoms with Crippen molar-refractivity contribution in [3.05, 3.63) is 42.2 Å². The maximum atomic E-state index is 12.2. The number of hydrogen-bond donors (Lipinski definition) is 3. The quantitative estimate of drug-likeness (QED) is 0.427. The zero-order valence-electron chi connectivity index (χ0n) is 17.7. The Kier molecular flexibility index (Phi) is 4.93. The Morgan fingerprint density at radius 2 is 1.97 bits per heavy atom. The van der Waals surface area contributed by atoms with Crippen molar-refractivity contribution in [1.82, 2.24) is 20.3 Å². The Morgan fingerprint density at radius 1 is 1.12 bits per heavy atom. The summed E-state index contributed by atoms with van der Waals surface area (Å²) in [5.74, 6) is 1.41. The van der Waals surface area contributed by atoms with Gasteiger partial charge in [0.25, 0.3) is 5.91 Å². The van der Waals surface area contributed by atoms with Gasteiger partial charge >= 0.3 is 0 Å². The van der Waals surface area contributed by atoms with Gasteiger partial charge in [0.1, 0.15) is 17.2 Å². The first-order chi connectivity index (χ1) is 15.6. The molecule has 4 aromatic rings. The van der Waals surface area contributed by atoms with Crippen LogP contribution in [0, 0.1) is 5.92 Å². The van der Waals surface area contributed by atoms with Crippen LogP contribution >= 0.6 is 0 Å². The van der Waals surface area contributed by atoms with Crippen LogP contribution in [0.4, 0.5) is 11.6 Å². The summed E-state index contributed by atoms with van der Waals surface area (Å²) in [5.41, 5.74) is 2.32. The topological polar surface area (TPSA) is 122 Å². The molecule has 9 heteroatoms. The van der Waals surface area contributed by atoms with Crippen LogP contribution in [0.5, 0.6) is 0 Å². The van der Waals surface area contributed by atoms with E-state index in [-0.39, 0.29) is 17.7 Å². The largest absolute Gasteiger partial charge is 0.436 e. The van der Waals surface area contributed by atoms with E-state index in [0.717, 1.165) is 23.6 Å². The molecule has 1 saturated carbocycles. The third-order valence-corrected chi connectivity index (χ3v) is 5.43. The van der Waals surface area contributed by atoms with Crippen LogP contribution < -0.4 is 16.0 Å². The molecule has 2 amide bonds. The van der Waals surface area contributed by atoms with Crippen LogP contribution in [-0.2, 0) is 4.79 Å². The van der Waals surface area contributed by atoms with E-state index in [0.29, 0.717) is 46.3 Å². The van der Waals surface area contributed by atoms with Gasteiger partial charge in [-0.15, -0.1) is 0 Å². The molecule has 32 heavy (non-hydrogen) atoms. The lowest BCUT2D eigenvalue weighted by molar-refractivity contribution is -0.117. The minimum absolute atomic E-state index is 0.0129. The summed E-state index contributed by atoms with van der Waals surface area (Å²) < 4.78 is 5.99. The lowest BCUT2D eigenvalue weighted by atomic mass is 10.1. The maximum absolute atomic E-state index is 12.2. The Morgan fingerprint density at radius 3 is 2.72 bits per heavy atom. The molecule has 1 fully saturated rings. The first-order valence-corrected chi connectivity index (χ1v) is 10.5. The molecule has 1 aliphatic carbocycles. The van der Waals surface area contributed by atoms with Gasteiger partial charge in [-0.2, -0.15) is 0 Å². The molecular weight excluding hydrogens is 408 g/mol. The van der Waals surface area contributed by atoms with Gasteiger partial charge in [-0.3, -0.25) is 9.59 Å². The molecule has 162 valence electrons. The predicted molar refractivity (Wildman–Crippen MR) is 121 cm³/mol. The summed E-state index contributed by atoms with van der Waals surface area (Å²) in [6.07, 6.45) is 5.19. The van der Waals surface area contributed by atoms with Gasteiger partial charge in [0.15, 0.2) is 5.58 Å². The van der Waals surface area contributed by atoms with Gasteiger partial charge in [0.05, 0.1) is 5.56 Å². The van der Waals surface area contributed by atoms with Crippen LogP contribution in [0.25, 0.3) is 33.3 Å².